The van der Waals surface area contributed by atoms with Crippen LogP contribution in [0.25, 0.3) is 0 Å². The largest absolute Gasteiger partial charge is 0.312 e. The number of hydrogen-bond donors (Lipinski definition) is 1. The molecule has 1 amide bonds. The van der Waals surface area contributed by atoms with Crippen molar-refractivity contribution >= 4 is 32.1 Å². The maximum absolute atomic E-state index is 12.0. The molecular formula is C14H12N2O3S2. The zero-order valence-corrected chi connectivity index (χ0v) is 12.8. The van der Waals surface area contributed by atoms with Gasteiger partial charge in [0.2, 0.25) is 0 Å². The minimum absolute atomic E-state index is 0.0132. The molecule has 1 N–H and O–H groups in total. The fraction of sp³-hybridized carbons (Fsp3) is 0.143. The summed E-state index contributed by atoms with van der Waals surface area (Å²) in [5.41, 5.74) is 0.737. The summed E-state index contributed by atoms with van der Waals surface area (Å²) >= 11 is 1.26. The molecule has 1 aromatic heterocycles. The maximum Gasteiger partial charge on any atom is 0.256 e. The van der Waals surface area contributed by atoms with Gasteiger partial charge in [0.1, 0.15) is 11.1 Å². The number of nitrogens with zero attached hydrogens (tertiary/aromatic N) is 1. The highest BCUT2D eigenvalue weighted by molar-refractivity contribution is 7.91. The summed E-state index contributed by atoms with van der Waals surface area (Å²) in [6.07, 6.45) is 0. The fourth-order valence-corrected chi connectivity index (χ4v) is 3.27. The molecule has 0 atom stereocenters. The number of rotatable bonds is 4. The van der Waals surface area contributed by atoms with Crippen molar-refractivity contribution in [1.82, 2.24) is 0 Å². The first-order valence-electron chi connectivity index (χ1n) is 6.09. The summed E-state index contributed by atoms with van der Waals surface area (Å²) in [5, 5.41) is 13.7. The van der Waals surface area contributed by atoms with E-state index >= 15 is 0 Å². The Morgan fingerprint density at radius 3 is 2.52 bits per heavy atom. The Bertz CT molecular complexity index is 799. The first kappa shape index (κ1) is 15.2. The molecule has 0 spiro atoms. The van der Waals surface area contributed by atoms with Crippen molar-refractivity contribution in [3.05, 3.63) is 46.8 Å². The molecule has 5 nitrogen and oxygen atoms in total. The number of anilines is 1. The topological polar surface area (TPSA) is 87.0 Å². The lowest BCUT2D eigenvalue weighted by Gasteiger charge is -2.05. The van der Waals surface area contributed by atoms with Gasteiger partial charge in [-0.15, -0.1) is 11.3 Å². The van der Waals surface area contributed by atoms with E-state index in [0.717, 1.165) is 0 Å². The van der Waals surface area contributed by atoms with Crippen LogP contribution in [0.1, 0.15) is 22.8 Å². The molecule has 108 valence electrons. The fourth-order valence-electron chi connectivity index (χ4n) is 1.65. The van der Waals surface area contributed by atoms with Crippen LogP contribution in [0.15, 0.2) is 40.6 Å². The highest BCUT2D eigenvalue weighted by atomic mass is 32.2. The monoisotopic (exact) mass is 320 g/mol. The van der Waals surface area contributed by atoms with Crippen molar-refractivity contribution in [2.24, 2.45) is 0 Å². The lowest BCUT2D eigenvalue weighted by molar-refractivity contribution is 0.102. The molecule has 0 radical (unpaired) electrons. The van der Waals surface area contributed by atoms with Crippen molar-refractivity contribution in [2.45, 2.75) is 11.8 Å². The van der Waals surface area contributed by atoms with Gasteiger partial charge in [-0.25, -0.2) is 8.42 Å². The van der Waals surface area contributed by atoms with Gasteiger partial charge in [0.25, 0.3) is 5.91 Å². The molecule has 2 aromatic rings. The second kappa shape index (κ2) is 6.08. The Kier molecular flexibility index (Phi) is 4.40. The molecular weight excluding hydrogens is 308 g/mol. The summed E-state index contributed by atoms with van der Waals surface area (Å²) in [7, 11) is -3.27. The zero-order chi connectivity index (χ0) is 15.5. The average molecular weight is 320 g/mol. The molecule has 0 saturated carbocycles. The number of nitriles is 1. The molecule has 0 bridgehead atoms. The van der Waals surface area contributed by atoms with Crippen molar-refractivity contribution < 1.29 is 13.2 Å². The number of amides is 1. The second-order valence-corrected chi connectivity index (χ2v) is 7.35. The standard InChI is InChI=1S/C14H12N2O3S2/c1-2-21(18,19)12-5-3-10(4-6-12)13(17)16-14-11(9-15)7-8-20-14/h3-8H,2H2,1H3,(H,16,17). The first-order valence-corrected chi connectivity index (χ1v) is 8.63. The molecule has 7 heteroatoms. The second-order valence-electron chi connectivity index (χ2n) is 4.16. The summed E-state index contributed by atoms with van der Waals surface area (Å²) in [6.45, 7) is 1.57. The van der Waals surface area contributed by atoms with Crippen LogP contribution in [0.4, 0.5) is 5.00 Å². The highest BCUT2D eigenvalue weighted by Gasteiger charge is 2.14. The van der Waals surface area contributed by atoms with Crippen LogP contribution in [-0.2, 0) is 9.84 Å². The van der Waals surface area contributed by atoms with Crippen molar-refractivity contribution in [2.75, 3.05) is 11.1 Å². The van der Waals surface area contributed by atoms with Gasteiger partial charge in [0.15, 0.2) is 9.84 Å². The molecule has 2 rings (SSSR count). The van der Waals surface area contributed by atoms with Gasteiger partial charge >= 0.3 is 0 Å². The van der Waals surface area contributed by atoms with E-state index in [9.17, 15) is 13.2 Å². The van der Waals surface area contributed by atoms with Crippen molar-refractivity contribution in [3.63, 3.8) is 0 Å². The van der Waals surface area contributed by atoms with Gasteiger partial charge in [-0.2, -0.15) is 5.26 Å². The van der Waals surface area contributed by atoms with Crippen molar-refractivity contribution in [3.8, 4) is 6.07 Å². The minimum Gasteiger partial charge on any atom is -0.312 e. The quantitative estimate of drug-likeness (QED) is 0.938. The molecule has 0 saturated heterocycles. The smallest absolute Gasteiger partial charge is 0.256 e. The molecule has 0 aliphatic rings. The molecule has 1 heterocycles. The van der Waals surface area contributed by atoms with E-state index in [2.05, 4.69) is 5.32 Å². The highest BCUT2D eigenvalue weighted by Crippen LogP contribution is 2.23. The van der Waals surface area contributed by atoms with Crippen LogP contribution < -0.4 is 5.32 Å². The van der Waals surface area contributed by atoms with Gasteiger partial charge in [-0.3, -0.25) is 4.79 Å². The lowest BCUT2D eigenvalue weighted by Crippen LogP contribution is -2.12. The van der Waals surface area contributed by atoms with E-state index in [1.165, 1.54) is 35.6 Å². The van der Waals surface area contributed by atoms with E-state index in [1.54, 1.807) is 18.4 Å². The minimum atomic E-state index is -3.27. The lowest BCUT2D eigenvalue weighted by atomic mass is 10.2. The number of benzene rings is 1. The Hall–Kier alpha value is -2.17. The normalized spacial score (nSPS) is 10.9. The van der Waals surface area contributed by atoms with Crippen LogP contribution in [0.2, 0.25) is 0 Å². The van der Waals surface area contributed by atoms with Crippen LogP contribution in [0, 0.1) is 11.3 Å². The molecule has 0 aliphatic carbocycles. The van der Waals surface area contributed by atoms with Crippen LogP contribution in [0.3, 0.4) is 0 Å². The Morgan fingerprint density at radius 1 is 1.29 bits per heavy atom. The number of carbonyl (C=O) groups excluding carboxylic acids is 1. The van der Waals surface area contributed by atoms with E-state index in [-0.39, 0.29) is 16.6 Å². The molecule has 0 aliphatic heterocycles. The molecule has 0 fully saturated rings. The van der Waals surface area contributed by atoms with Gasteiger partial charge in [0, 0.05) is 5.56 Å². The van der Waals surface area contributed by atoms with E-state index in [4.69, 9.17) is 5.26 Å². The molecule has 0 unspecified atom stereocenters. The van der Waals surface area contributed by atoms with Crippen LogP contribution in [-0.4, -0.2) is 20.1 Å². The number of thiophene rings is 1. The summed E-state index contributed by atoms with van der Waals surface area (Å²) < 4.78 is 23.4. The molecule has 21 heavy (non-hydrogen) atoms. The Labute approximate surface area is 126 Å². The van der Waals surface area contributed by atoms with Gasteiger partial charge in [-0.1, -0.05) is 6.92 Å². The van der Waals surface area contributed by atoms with Gasteiger partial charge in [-0.05, 0) is 35.7 Å². The summed E-state index contributed by atoms with van der Waals surface area (Å²) in [5.74, 6) is -0.367. The van der Waals surface area contributed by atoms with Crippen LogP contribution >= 0.6 is 11.3 Å². The maximum atomic E-state index is 12.0. The predicted octanol–water partition coefficient (Wildman–Crippen LogP) is 2.67. The number of sulfone groups is 1. The van der Waals surface area contributed by atoms with Crippen molar-refractivity contribution in [1.29, 1.82) is 5.26 Å². The SMILES string of the molecule is CCS(=O)(=O)c1ccc(C(=O)Nc2sccc2C#N)cc1. The van der Waals surface area contributed by atoms with Gasteiger partial charge in [0.05, 0.1) is 16.2 Å². The zero-order valence-electron chi connectivity index (χ0n) is 11.2. The third-order valence-electron chi connectivity index (χ3n) is 2.87. The number of hydrogen-bond acceptors (Lipinski definition) is 5. The Balaban J connectivity index is 2.20. The summed E-state index contributed by atoms with van der Waals surface area (Å²) in [6, 6.07) is 9.34. The van der Waals surface area contributed by atoms with E-state index in [1.807, 2.05) is 6.07 Å². The van der Waals surface area contributed by atoms with E-state index < -0.39 is 9.84 Å². The average Bonchev–Trinajstić information content (AvgIpc) is 2.94. The Morgan fingerprint density at radius 2 is 1.95 bits per heavy atom. The first-order chi connectivity index (χ1) is 9.97. The third kappa shape index (κ3) is 3.29. The number of nitrogens with one attached hydrogen (secondary N) is 1. The summed E-state index contributed by atoms with van der Waals surface area (Å²) in [4.78, 5) is 12.2. The number of carbonyl (C=O) groups is 1. The predicted molar refractivity (Wildman–Crippen MR) is 81.2 cm³/mol. The van der Waals surface area contributed by atoms with E-state index in [0.29, 0.717) is 16.1 Å². The van der Waals surface area contributed by atoms with Crippen LogP contribution in [0.5, 0.6) is 0 Å². The molecule has 1 aromatic carbocycles. The van der Waals surface area contributed by atoms with Gasteiger partial charge < -0.3 is 5.32 Å². The third-order valence-corrected chi connectivity index (χ3v) is 5.45.